The van der Waals surface area contributed by atoms with E-state index in [2.05, 4.69) is 38.2 Å². The summed E-state index contributed by atoms with van der Waals surface area (Å²) < 4.78 is 10.8. The smallest absolute Gasteiger partial charge is 0.119 e. The van der Waals surface area contributed by atoms with Crippen molar-refractivity contribution >= 4 is 0 Å². The van der Waals surface area contributed by atoms with Crippen LogP contribution in [0.3, 0.4) is 0 Å². The fraction of sp³-hybridized carbons (Fsp3) is 0.625. The lowest BCUT2D eigenvalue weighted by molar-refractivity contribution is 0.128. The molecular formula is C16H27NO2. The molecule has 1 N–H and O–H groups in total. The van der Waals surface area contributed by atoms with E-state index in [1.165, 1.54) is 5.56 Å². The van der Waals surface area contributed by atoms with E-state index in [9.17, 15) is 0 Å². The van der Waals surface area contributed by atoms with Crippen molar-refractivity contribution in [2.45, 2.75) is 45.7 Å². The molecule has 0 heterocycles. The molecule has 0 spiro atoms. The van der Waals surface area contributed by atoms with Gasteiger partial charge in [0.05, 0.1) is 13.2 Å². The first-order valence-corrected chi connectivity index (χ1v) is 7.03. The molecule has 0 bridgehead atoms. The van der Waals surface area contributed by atoms with Crippen molar-refractivity contribution in [1.29, 1.82) is 0 Å². The molecule has 0 radical (unpaired) electrons. The highest BCUT2D eigenvalue weighted by atomic mass is 16.5. The first kappa shape index (κ1) is 16.0. The predicted molar refractivity (Wildman–Crippen MR) is 79.6 cm³/mol. The summed E-state index contributed by atoms with van der Waals surface area (Å²) in [4.78, 5) is 0. The summed E-state index contributed by atoms with van der Waals surface area (Å²) >= 11 is 0. The van der Waals surface area contributed by atoms with Crippen LogP contribution in [0.4, 0.5) is 0 Å². The highest BCUT2D eigenvalue weighted by molar-refractivity contribution is 5.27. The summed E-state index contributed by atoms with van der Waals surface area (Å²) in [6.07, 6.45) is 2.27. The quantitative estimate of drug-likeness (QED) is 0.694. The normalized spacial score (nSPS) is 11.6. The second kappa shape index (κ2) is 8.18. The average molecular weight is 265 g/mol. The van der Waals surface area contributed by atoms with E-state index in [0.29, 0.717) is 6.61 Å². The molecule has 0 saturated carbocycles. The Hall–Kier alpha value is -1.06. The van der Waals surface area contributed by atoms with Crippen molar-refractivity contribution < 1.29 is 9.47 Å². The number of methoxy groups -OCH3 is 1. The Bertz CT molecular complexity index is 346. The molecule has 0 aliphatic carbocycles. The van der Waals surface area contributed by atoms with E-state index in [1.54, 1.807) is 7.11 Å². The van der Waals surface area contributed by atoms with Crippen molar-refractivity contribution in [2.75, 3.05) is 20.3 Å². The van der Waals surface area contributed by atoms with Gasteiger partial charge < -0.3 is 14.8 Å². The largest absolute Gasteiger partial charge is 0.494 e. The Labute approximate surface area is 117 Å². The van der Waals surface area contributed by atoms with Gasteiger partial charge in [-0.3, -0.25) is 0 Å². The van der Waals surface area contributed by atoms with Gasteiger partial charge in [0.2, 0.25) is 0 Å². The molecule has 0 fully saturated rings. The van der Waals surface area contributed by atoms with Gasteiger partial charge in [-0.25, -0.2) is 0 Å². The summed E-state index contributed by atoms with van der Waals surface area (Å²) in [7, 11) is 1.73. The van der Waals surface area contributed by atoms with Crippen LogP contribution in [0.25, 0.3) is 0 Å². The lowest BCUT2D eigenvalue weighted by Crippen LogP contribution is -2.42. The van der Waals surface area contributed by atoms with Crippen LogP contribution < -0.4 is 10.1 Å². The van der Waals surface area contributed by atoms with Gasteiger partial charge in [0.1, 0.15) is 5.75 Å². The number of benzene rings is 1. The lowest BCUT2D eigenvalue weighted by atomic mass is 10.1. The van der Waals surface area contributed by atoms with Crippen molar-refractivity contribution in [3.63, 3.8) is 0 Å². The number of hydrogen-bond donors (Lipinski definition) is 1. The molecule has 1 rings (SSSR count). The number of nitrogens with one attached hydrogen (secondary N) is 1. The Morgan fingerprint density at radius 1 is 1.16 bits per heavy atom. The van der Waals surface area contributed by atoms with E-state index < -0.39 is 0 Å². The number of rotatable bonds is 9. The maximum absolute atomic E-state index is 5.64. The van der Waals surface area contributed by atoms with E-state index >= 15 is 0 Å². The molecular weight excluding hydrogens is 238 g/mol. The number of ether oxygens (including phenoxy) is 2. The minimum atomic E-state index is -0.00888. The van der Waals surface area contributed by atoms with Gasteiger partial charge in [-0.15, -0.1) is 0 Å². The molecule has 0 unspecified atom stereocenters. The van der Waals surface area contributed by atoms with E-state index in [4.69, 9.17) is 9.47 Å². The zero-order valence-electron chi connectivity index (χ0n) is 12.7. The minimum Gasteiger partial charge on any atom is -0.494 e. The fourth-order valence-electron chi connectivity index (χ4n) is 1.79. The topological polar surface area (TPSA) is 30.5 Å². The van der Waals surface area contributed by atoms with Crippen LogP contribution in [0.2, 0.25) is 0 Å². The maximum Gasteiger partial charge on any atom is 0.119 e. The zero-order chi connectivity index (χ0) is 14.1. The Kier molecular flexibility index (Phi) is 6.89. The van der Waals surface area contributed by atoms with Crippen molar-refractivity contribution in [3.05, 3.63) is 29.8 Å². The van der Waals surface area contributed by atoms with Crippen LogP contribution in [-0.4, -0.2) is 25.9 Å². The summed E-state index contributed by atoms with van der Waals surface area (Å²) in [5, 5.41) is 3.48. The molecule has 0 atom stereocenters. The molecule has 3 nitrogen and oxygen atoms in total. The van der Waals surface area contributed by atoms with E-state index in [-0.39, 0.29) is 5.54 Å². The van der Waals surface area contributed by atoms with Crippen molar-refractivity contribution in [2.24, 2.45) is 0 Å². The molecule has 0 aliphatic rings. The molecule has 0 saturated heterocycles. The average Bonchev–Trinajstić information content (AvgIpc) is 2.38. The molecule has 1 aromatic carbocycles. The van der Waals surface area contributed by atoms with Crippen molar-refractivity contribution in [3.8, 4) is 5.75 Å². The van der Waals surface area contributed by atoms with Crippen LogP contribution in [0.5, 0.6) is 5.75 Å². The number of unbranched alkanes of at least 4 members (excludes halogenated alkanes) is 1. The Balaban J connectivity index is 2.39. The standard InChI is InChI=1S/C16H27NO2/c1-5-6-11-19-15-9-7-14(8-10-15)12-17-16(2,3)13-18-4/h7-10,17H,5-6,11-13H2,1-4H3. The van der Waals surface area contributed by atoms with E-state index in [1.807, 2.05) is 12.1 Å². The third-order valence-corrected chi connectivity index (χ3v) is 2.97. The first-order valence-electron chi connectivity index (χ1n) is 7.03. The van der Waals surface area contributed by atoms with Crippen LogP contribution in [0.15, 0.2) is 24.3 Å². The summed E-state index contributed by atoms with van der Waals surface area (Å²) in [6, 6.07) is 8.29. The number of hydrogen-bond acceptors (Lipinski definition) is 3. The Morgan fingerprint density at radius 2 is 1.84 bits per heavy atom. The lowest BCUT2D eigenvalue weighted by Gasteiger charge is -2.25. The summed E-state index contributed by atoms with van der Waals surface area (Å²) in [5.41, 5.74) is 1.25. The highest BCUT2D eigenvalue weighted by Gasteiger charge is 2.15. The third-order valence-electron chi connectivity index (χ3n) is 2.97. The van der Waals surface area contributed by atoms with Gasteiger partial charge in [-0.05, 0) is 38.0 Å². The van der Waals surface area contributed by atoms with Gasteiger partial charge >= 0.3 is 0 Å². The molecule has 3 heteroatoms. The van der Waals surface area contributed by atoms with Crippen LogP contribution in [-0.2, 0) is 11.3 Å². The molecule has 0 amide bonds. The molecule has 0 aromatic heterocycles. The van der Waals surface area contributed by atoms with Gasteiger partial charge in [0.15, 0.2) is 0 Å². The Morgan fingerprint density at radius 3 is 2.42 bits per heavy atom. The van der Waals surface area contributed by atoms with Crippen LogP contribution >= 0.6 is 0 Å². The zero-order valence-corrected chi connectivity index (χ0v) is 12.7. The highest BCUT2D eigenvalue weighted by Crippen LogP contribution is 2.13. The molecule has 19 heavy (non-hydrogen) atoms. The second-order valence-electron chi connectivity index (χ2n) is 5.52. The van der Waals surface area contributed by atoms with Crippen LogP contribution in [0, 0.1) is 0 Å². The summed E-state index contributed by atoms with van der Waals surface area (Å²) in [5.74, 6) is 0.952. The second-order valence-corrected chi connectivity index (χ2v) is 5.52. The van der Waals surface area contributed by atoms with Gasteiger partial charge in [-0.2, -0.15) is 0 Å². The van der Waals surface area contributed by atoms with Crippen LogP contribution in [0.1, 0.15) is 39.2 Å². The first-order chi connectivity index (χ1) is 9.07. The molecule has 108 valence electrons. The van der Waals surface area contributed by atoms with Gasteiger partial charge in [-0.1, -0.05) is 25.5 Å². The van der Waals surface area contributed by atoms with Gasteiger partial charge in [0.25, 0.3) is 0 Å². The molecule has 0 aliphatic heterocycles. The van der Waals surface area contributed by atoms with E-state index in [0.717, 1.165) is 31.7 Å². The van der Waals surface area contributed by atoms with Gasteiger partial charge in [0, 0.05) is 19.2 Å². The minimum absolute atomic E-state index is 0.00888. The summed E-state index contributed by atoms with van der Waals surface area (Å²) in [6.45, 7) is 8.78. The molecule has 1 aromatic rings. The monoisotopic (exact) mass is 265 g/mol. The fourth-order valence-corrected chi connectivity index (χ4v) is 1.79. The predicted octanol–water partition coefficient (Wildman–Crippen LogP) is 3.38. The van der Waals surface area contributed by atoms with Crippen molar-refractivity contribution in [1.82, 2.24) is 5.32 Å². The third kappa shape index (κ3) is 6.60. The maximum atomic E-state index is 5.64. The SMILES string of the molecule is CCCCOc1ccc(CNC(C)(C)COC)cc1.